The van der Waals surface area contributed by atoms with Gasteiger partial charge >= 0.3 is 0 Å². The van der Waals surface area contributed by atoms with Crippen LogP contribution in [0, 0.1) is 0 Å². The van der Waals surface area contributed by atoms with Gasteiger partial charge in [0, 0.05) is 28.5 Å². The van der Waals surface area contributed by atoms with Crippen molar-refractivity contribution in [3.63, 3.8) is 0 Å². The maximum atomic E-state index is 5.57. The Labute approximate surface area is 276 Å². The highest BCUT2D eigenvalue weighted by molar-refractivity contribution is 6.04. The molecule has 2 aromatic heterocycles. The zero-order chi connectivity index (χ0) is 31.8. The predicted molar refractivity (Wildman–Crippen MR) is 193 cm³/mol. The molecule has 0 radical (unpaired) electrons. The van der Waals surface area contributed by atoms with Crippen molar-refractivity contribution >= 4 is 10.8 Å². The summed E-state index contributed by atoms with van der Waals surface area (Å²) in [6.07, 6.45) is 5.91. The third-order valence-corrected chi connectivity index (χ3v) is 9.54. The van der Waals surface area contributed by atoms with Crippen LogP contribution in [-0.4, -0.2) is 19.9 Å². The maximum Gasteiger partial charge on any atom is 0.160 e. The zero-order valence-corrected chi connectivity index (χ0v) is 26.8. The Morgan fingerprint density at radius 3 is 1.55 bits per heavy atom. The van der Waals surface area contributed by atoms with Gasteiger partial charge in [-0.05, 0) is 40.8 Å². The van der Waals surface area contributed by atoms with Gasteiger partial charge in [-0.25, -0.2) is 19.9 Å². The van der Waals surface area contributed by atoms with Crippen LogP contribution in [0.3, 0.4) is 0 Å². The second-order valence-corrected chi connectivity index (χ2v) is 12.5. The normalized spacial score (nSPS) is 13.0. The van der Waals surface area contributed by atoms with Crippen molar-refractivity contribution in [3.05, 3.63) is 145 Å². The van der Waals surface area contributed by atoms with Crippen molar-refractivity contribution in [2.24, 2.45) is 0 Å². The van der Waals surface area contributed by atoms with Crippen molar-refractivity contribution in [1.82, 2.24) is 19.9 Å². The highest BCUT2D eigenvalue weighted by Gasteiger charge is 2.47. The first kappa shape index (κ1) is 29.0. The van der Waals surface area contributed by atoms with Gasteiger partial charge in [-0.15, -0.1) is 0 Å². The van der Waals surface area contributed by atoms with Gasteiger partial charge in [0.25, 0.3) is 0 Å². The van der Waals surface area contributed by atoms with E-state index in [1.807, 2.05) is 18.3 Å². The van der Waals surface area contributed by atoms with Gasteiger partial charge in [0.15, 0.2) is 5.82 Å². The van der Waals surface area contributed by atoms with E-state index in [0.29, 0.717) is 0 Å². The van der Waals surface area contributed by atoms with Gasteiger partial charge in [0.05, 0.1) is 33.9 Å². The van der Waals surface area contributed by atoms with Crippen LogP contribution in [0.15, 0.2) is 134 Å². The van der Waals surface area contributed by atoms with Gasteiger partial charge in [-0.3, -0.25) is 0 Å². The molecule has 4 heteroatoms. The molecular formula is C43H36N4. The second-order valence-electron chi connectivity index (χ2n) is 12.5. The molecule has 4 nitrogen and oxygen atoms in total. The van der Waals surface area contributed by atoms with Crippen molar-refractivity contribution < 1.29 is 0 Å². The molecule has 1 aliphatic rings. The molecule has 5 aromatic carbocycles. The summed E-state index contributed by atoms with van der Waals surface area (Å²) in [5.74, 6) is 0.746. The molecule has 0 spiro atoms. The van der Waals surface area contributed by atoms with E-state index >= 15 is 0 Å². The van der Waals surface area contributed by atoms with Crippen LogP contribution >= 0.6 is 0 Å². The summed E-state index contributed by atoms with van der Waals surface area (Å²) in [6, 6.07) is 44.5. The molecule has 0 aliphatic heterocycles. The van der Waals surface area contributed by atoms with E-state index in [1.54, 1.807) is 0 Å². The molecule has 2 heterocycles. The smallest absolute Gasteiger partial charge is 0.160 e. The summed E-state index contributed by atoms with van der Waals surface area (Å²) in [4.78, 5) is 21.6. The first-order valence-electron chi connectivity index (χ1n) is 16.7. The van der Waals surface area contributed by atoms with E-state index < -0.39 is 0 Å². The minimum absolute atomic E-state index is 0.350. The average molecular weight is 609 g/mol. The summed E-state index contributed by atoms with van der Waals surface area (Å²) in [6.45, 7) is 4.52. The van der Waals surface area contributed by atoms with Crippen molar-refractivity contribution in [2.75, 3.05) is 0 Å². The fourth-order valence-electron chi connectivity index (χ4n) is 7.53. The van der Waals surface area contributed by atoms with Gasteiger partial charge in [-0.1, -0.05) is 148 Å². The molecule has 0 fully saturated rings. The van der Waals surface area contributed by atoms with Crippen LogP contribution in [0.1, 0.15) is 50.9 Å². The number of aromatic nitrogens is 4. The maximum absolute atomic E-state index is 5.57. The second kappa shape index (κ2) is 12.0. The monoisotopic (exact) mass is 608 g/mol. The molecule has 47 heavy (non-hydrogen) atoms. The lowest BCUT2D eigenvalue weighted by molar-refractivity contribution is 0.415. The Morgan fingerprint density at radius 1 is 0.447 bits per heavy atom. The molecule has 7 aromatic rings. The zero-order valence-electron chi connectivity index (χ0n) is 26.8. The van der Waals surface area contributed by atoms with Crippen LogP contribution in [0.4, 0.5) is 0 Å². The molecule has 8 rings (SSSR count). The lowest BCUT2D eigenvalue weighted by Crippen LogP contribution is -2.28. The SMILES string of the molecule is CCCC1(CCC)c2nc(-c3ccc(-c4ccccc4)c4ccccc34)ncc2-c2nc(-c3ccccc3)c(-c3ccccc3)nc21. The Bertz CT molecular complexity index is 2200. The highest BCUT2D eigenvalue weighted by Crippen LogP contribution is 2.53. The number of nitrogens with zero attached hydrogens (tertiary/aromatic N) is 4. The molecule has 228 valence electrons. The third-order valence-electron chi connectivity index (χ3n) is 9.54. The first-order chi connectivity index (χ1) is 23.2. The first-order valence-corrected chi connectivity index (χ1v) is 16.7. The van der Waals surface area contributed by atoms with Crippen LogP contribution in [0.25, 0.3) is 67.1 Å². The number of fused-ring (bicyclic) bond motifs is 4. The summed E-state index contributed by atoms with van der Waals surface area (Å²) in [5, 5.41) is 2.34. The Kier molecular flexibility index (Phi) is 7.41. The number of benzene rings is 5. The molecular weight excluding hydrogens is 573 g/mol. The average Bonchev–Trinajstić information content (AvgIpc) is 3.39. The fraction of sp³-hybridized carbons (Fsp3) is 0.163. The summed E-state index contributed by atoms with van der Waals surface area (Å²) < 4.78 is 0. The summed E-state index contributed by atoms with van der Waals surface area (Å²) in [5.41, 5.74) is 11.0. The van der Waals surface area contributed by atoms with Crippen LogP contribution < -0.4 is 0 Å². The van der Waals surface area contributed by atoms with Crippen molar-refractivity contribution in [3.8, 4) is 56.3 Å². The molecule has 0 unspecified atom stereocenters. The van der Waals surface area contributed by atoms with Gasteiger partial charge in [-0.2, -0.15) is 0 Å². The molecule has 0 bridgehead atoms. The molecule has 0 saturated carbocycles. The topological polar surface area (TPSA) is 51.6 Å². The van der Waals surface area contributed by atoms with Gasteiger partial charge in [0.1, 0.15) is 0 Å². The van der Waals surface area contributed by atoms with E-state index in [9.17, 15) is 0 Å². The number of hydrogen-bond acceptors (Lipinski definition) is 4. The van der Waals surface area contributed by atoms with Crippen LogP contribution in [-0.2, 0) is 5.41 Å². The van der Waals surface area contributed by atoms with E-state index in [4.69, 9.17) is 19.9 Å². The van der Waals surface area contributed by atoms with Gasteiger partial charge in [0.2, 0.25) is 0 Å². The minimum Gasteiger partial charge on any atom is -0.247 e. The van der Waals surface area contributed by atoms with Crippen LogP contribution in [0.5, 0.6) is 0 Å². The van der Waals surface area contributed by atoms with E-state index in [-0.39, 0.29) is 5.41 Å². The van der Waals surface area contributed by atoms with E-state index in [1.165, 1.54) is 16.5 Å². The Morgan fingerprint density at radius 2 is 0.957 bits per heavy atom. The van der Waals surface area contributed by atoms with Crippen LogP contribution in [0.2, 0.25) is 0 Å². The summed E-state index contributed by atoms with van der Waals surface area (Å²) in [7, 11) is 0. The molecule has 1 aliphatic carbocycles. The summed E-state index contributed by atoms with van der Waals surface area (Å²) >= 11 is 0. The van der Waals surface area contributed by atoms with Crippen molar-refractivity contribution in [2.45, 2.75) is 44.9 Å². The standard InChI is InChI=1S/C43H36N4/c1-3-26-43(27-4-2)40-36(39-41(43)46-38(31-20-12-7-13-21-31)37(45-39)30-18-10-6-11-19-30)28-44-42(47-40)35-25-24-32(29-16-8-5-9-17-29)33-22-14-15-23-34(33)35/h5-25,28H,3-4,26-27H2,1-2H3. The number of rotatable bonds is 8. The predicted octanol–water partition coefficient (Wildman–Crippen LogP) is 11.0. The highest BCUT2D eigenvalue weighted by atomic mass is 15.0. The van der Waals surface area contributed by atoms with E-state index in [2.05, 4.69) is 129 Å². The fourth-order valence-corrected chi connectivity index (χ4v) is 7.53. The lowest BCUT2D eigenvalue weighted by atomic mass is 9.76. The van der Waals surface area contributed by atoms with Gasteiger partial charge < -0.3 is 0 Å². The molecule has 0 amide bonds. The Hall–Kier alpha value is -5.48. The molecule has 0 N–H and O–H groups in total. The minimum atomic E-state index is -0.350. The lowest BCUT2D eigenvalue weighted by Gasteiger charge is -2.30. The largest absolute Gasteiger partial charge is 0.247 e. The number of hydrogen-bond donors (Lipinski definition) is 0. The quantitative estimate of drug-likeness (QED) is 0.172. The molecule has 0 atom stereocenters. The van der Waals surface area contributed by atoms with Crippen molar-refractivity contribution in [1.29, 1.82) is 0 Å². The van der Waals surface area contributed by atoms with E-state index in [0.717, 1.165) is 87.6 Å². The Balaban J connectivity index is 1.36. The molecule has 0 saturated heterocycles. The third kappa shape index (κ3) is 4.83.